The highest BCUT2D eigenvalue weighted by Gasteiger charge is 2.21. The number of hydrogen-bond donors (Lipinski definition) is 0. The van der Waals surface area contributed by atoms with Crippen LogP contribution in [0.5, 0.6) is 0 Å². The van der Waals surface area contributed by atoms with Gasteiger partial charge < -0.3 is 9.47 Å². The van der Waals surface area contributed by atoms with Crippen molar-refractivity contribution in [2.24, 2.45) is 0 Å². The second-order valence-electron chi connectivity index (χ2n) is 3.06. The summed E-state index contributed by atoms with van der Waals surface area (Å²) in [5.74, 6) is 1.92. The highest BCUT2D eigenvalue weighted by Crippen LogP contribution is 2.18. The predicted molar refractivity (Wildman–Crippen MR) is 60.6 cm³/mol. The Hall–Kier alpha value is -1.79. The van der Waals surface area contributed by atoms with E-state index in [1.54, 1.807) is 19.1 Å². The fourth-order valence-corrected chi connectivity index (χ4v) is 1.28. The summed E-state index contributed by atoms with van der Waals surface area (Å²) in [5, 5.41) is 0. The van der Waals surface area contributed by atoms with E-state index in [2.05, 4.69) is 5.92 Å². The summed E-state index contributed by atoms with van der Waals surface area (Å²) in [6, 6.07) is 9.14. The van der Waals surface area contributed by atoms with Crippen molar-refractivity contribution in [3.05, 3.63) is 35.9 Å². The standard InChI is InChI=1S/C13H14O3/c1-3-10-16-12(13(14)15-4-2)11-8-6-5-7-9-11/h1,5-9,12H,4,10H2,2H3. The van der Waals surface area contributed by atoms with E-state index in [1.807, 2.05) is 18.2 Å². The largest absolute Gasteiger partial charge is 0.464 e. The summed E-state index contributed by atoms with van der Waals surface area (Å²) in [6.45, 7) is 2.15. The van der Waals surface area contributed by atoms with Crippen molar-refractivity contribution >= 4 is 5.97 Å². The lowest BCUT2D eigenvalue weighted by atomic mass is 10.1. The molecule has 0 saturated heterocycles. The number of terminal acetylenes is 1. The molecule has 0 N–H and O–H groups in total. The van der Waals surface area contributed by atoms with Gasteiger partial charge in [-0.3, -0.25) is 0 Å². The van der Waals surface area contributed by atoms with Crippen molar-refractivity contribution in [3.63, 3.8) is 0 Å². The third kappa shape index (κ3) is 3.41. The second kappa shape index (κ2) is 6.65. The molecule has 0 aliphatic rings. The maximum atomic E-state index is 11.6. The zero-order valence-corrected chi connectivity index (χ0v) is 9.18. The molecular formula is C13H14O3. The van der Waals surface area contributed by atoms with Crippen LogP contribution in [-0.2, 0) is 14.3 Å². The Labute approximate surface area is 95.4 Å². The van der Waals surface area contributed by atoms with Crippen LogP contribution >= 0.6 is 0 Å². The second-order valence-corrected chi connectivity index (χ2v) is 3.06. The number of rotatable bonds is 5. The third-order valence-electron chi connectivity index (χ3n) is 1.94. The van der Waals surface area contributed by atoms with Crippen molar-refractivity contribution in [3.8, 4) is 12.3 Å². The lowest BCUT2D eigenvalue weighted by molar-refractivity contribution is -0.156. The van der Waals surface area contributed by atoms with E-state index in [4.69, 9.17) is 15.9 Å². The van der Waals surface area contributed by atoms with Gasteiger partial charge in [-0.15, -0.1) is 6.42 Å². The zero-order chi connectivity index (χ0) is 11.8. The molecular weight excluding hydrogens is 204 g/mol. The van der Waals surface area contributed by atoms with Crippen LogP contribution in [0.2, 0.25) is 0 Å². The molecule has 0 amide bonds. The highest BCUT2D eigenvalue weighted by molar-refractivity contribution is 5.76. The Morgan fingerprint density at radius 3 is 2.69 bits per heavy atom. The number of ether oxygens (including phenoxy) is 2. The van der Waals surface area contributed by atoms with Crippen LogP contribution in [0.15, 0.2) is 30.3 Å². The van der Waals surface area contributed by atoms with Gasteiger partial charge in [0, 0.05) is 0 Å². The fourth-order valence-electron chi connectivity index (χ4n) is 1.28. The SMILES string of the molecule is C#CCOC(C(=O)OCC)c1ccccc1. The molecule has 1 aromatic rings. The number of carbonyl (C=O) groups excluding carboxylic acids is 1. The molecule has 1 rings (SSSR count). The molecule has 0 bridgehead atoms. The summed E-state index contributed by atoms with van der Waals surface area (Å²) >= 11 is 0. The smallest absolute Gasteiger partial charge is 0.339 e. The van der Waals surface area contributed by atoms with Gasteiger partial charge in [0.1, 0.15) is 6.61 Å². The van der Waals surface area contributed by atoms with E-state index in [-0.39, 0.29) is 6.61 Å². The molecule has 0 aliphatic heterocycles. The average Bonchev–Trinajstić information content (AvgIpc) is 2.31. The first-order chi connectivity index (χ1) is 7.79. The molecule has 1 unspecified atom stereocenters. The van der Waals surface area contributed by atoms with E-state index < -0.39 is 12.1 Å². The summed E-state index contributed by atoms with van der Waals surface area (Å²) in [4.78, 5) is 11.6. The highest BCUT2D eigenvalue weighted by atomic mass is 16.6. The number of benzene rings is 1. The molecule has 0 radical (unpaired) electrons. The molecule has 1 aromatic carbocycles. The topological polar surface area (TPSA) is 35.5 Å². The summed E-state index contributed by atoms with van der Waals surface area (Å²) in [7, 11) is 0. The minimum atomic E-state index is -0.739. The molecule has 0 aliphatic carbocycles. The Morgan fingerprint density at radius 1 is 1.44 bits per heavy atom. The van der Waals surface area contributed by atoms with Crippen LogP contribution in [0.4, 0.5) is 0 Å². The van der Waals surface area contributed by atoms with Crippen LogP contribution in [0.3, 0.4) is 0 Å². The molecule has 16 heavy (non-hydrogen) atoms. The Balaban J connectivity index is 2.79. The first kappa shape index (κ1) is 12.3. The average molecular weight is 218 g/mol. The molecule has 0 saturated carbocycles. The van der Waals surface area contributed by atoms with Gasteiger partial charge in [-0.05, 0) is 12.5 Å². The van der Waals surface area contributed by atoms with Crippen molar-refractivity contribution in [2.45, 2.75) is 13.0 Å². The van der Waals surface area contributed by atoms with Crippen LogP contribution in [0.25, 0.3) is 0 Å². The molecule has 0 aromatic heterocycles. The van der Waals surface area contributed by atoms with Crippen LogP contribution in [0, 0.1) is 12.3 Å². The van der Waals surface area contributed by atoms with Gasteiger partial charge in [0.05, 0.1) is 6.61 Å². The van der Waals surface area contributed by atoms with Gasteiger partial charge in [0.25, 0.3) is 0 Å². The summed E-state index contributed by atoms with van der Waals surface area (Å²) in [6.07, 6.45) is 4.36. The van der Waals surface area contributed by atoms with Gasteiger partial charge >= 0.3 is 5.97 Å². The Kier molecular flexibility index (Phi) is 5.10. The monoisotopic (exact) mass is 218 g/mol. The minimum Gasteiger partial charge on any atom is -0.464 e. The molecule has 0 fully saturated rings. The van der Waals surface area contributed by atoms with Crippen molar-refractivity contribution in [1.82, 2.24) is 0 Å². The molecule has 0 heterocycles. The Morgan fingerprint density at radius 2 is 2.12 bits per heavy atom. The van der Waals surface area contributed by atoms with Gasteiger partial charge in [-0.2, -0.15) is 0 Å². The molecule has 0 spiro atoms. The quantitative estimate of drug-likeness (QED) is 0.559. The maximum absolute atomic E-state index is 11.6. The maximum Gasteiger partial charge on any atom is 0.339 e. The Bertz CT molecular complexity index is 365. The summed E-state index contributed by atoms with van der Waals surface area (Å²) in [5.41, 5.74) is 0.746. The summed E-state index contributed by atoms with van der Waals surface area (Å²) < 4.78 is 10.2. The van der Waals surface area contributed by atoms with Crippen LogP contribution in [0.1, 0.15) is 18.6 Å². The van der Waals surface area contributed by atoms with E-state index in [0.717, 1.165) is 5.56 Å². The molecule has 3 heteroatoms. The number of carbonyl (C=O) groups is 1. The van der Waals surface area contributed by atoms with Gasteiger partial charge in [-0.25, -0.2) is 4.79 Å². The minimum absolute atomic E-state index is 0.0817. The van der Waals surface area contributed by atoms with Crippen molar-refractivity contribution in [2.75, 3.05) is 13.2 Å². The number of hydrogen-bond acceptors (Lipinski definition) is 3. The third-order valence-corrected chi connectivity index (χ3v) is 1.94. The van der Waals surface area contributed by atoms with Gasteiger partial charge in [0.2, 0.25) is 0 Å². The first-order valence-corrected chi connectivity index (χ1v) is 5.06. The van der Waals surface area contributed by atoms with E-state index in [1.165, 1.54) is 0 Å². The van der Waals surface area contributed by atoms with Gasteiger partial charge in [0.15, 0.2) is 6.10 Å². The van der Waals surface area contributed by atoms with E-state index in [9.17, 15) is 4.79 Å². The molecule has 84 valence electrons. The fraction of sp³-hybridized carbons (Fsp3) is 0.308. The van der Waals surface area contributed by atoms with E-state index in [0.29, 0.717) is 6.61 Å². The normalized spacial score (nSPS) is 11.5. The van der Waals surface area contributed by atoms with Crippen LogP contribution in [-0.4, -0.2) is 19.2 Å². The lowest BCUT2D eigenvalue weighted by Gasteiger charge is -2.15. The lowest BCUT2D eigenvalue weighted by Crippen LogP contribution is -2.19. The van der Waals surface area contributed by atoms with Crippen molar-refractivity contribution < 1.29 is 14.3 Å². The van der Waals surface area contributed by atoms with Crippen molar-refractivity contribution in [1.29, 1.82) is 0 Å². The predicted octanol–water partition coefficient (Wildman–Crippen LogP) is 1.94. The van der Waals surface area contributed by atoms with Crippen LogP contribution < -0.4 is 0 Å². The van der Waals surface area contributed by atoms with Gasteiger partial charge in [-0.1, -0.05) is 36.3 Å². The molecule has 1 atom stereocenters. The molecule has 3 nitrogen and oxygen atoms in total. The number of esters is 1. The van der Waals surface area contributed by atoms with E-state index >= 15 is 0 Å². The first-order valence-electron chi connectivity index (χ1n) is 5.06. The zero-order valence-electron chi connectivity index (χ0n) is 9.18.